The molecule has 1 aliphatic rings. The van der Waals surface area contributed by atoms with E-state index in [4.69, 9.17) is 5.11 Å². The molecule has 1 aliphatic heterocycles. The third kappa shape index (κ3) is 1.23. The molecule has 1 fully saturated rings. The van der Waals surface area contributed by atoms with Gasteiger partial charge >= 0.3 is 0 Å². The van der Waals surface area contributed by atoms with E-state index < -0.39 is 0 Å². The Morgan fingerprint density at radius 3 is 2.75 bits per heavy atom. The third-order valence-corrected chi connectivity index (χ3v) is 1.30. The molecule has 0 spiro atoms. The van der Waals surface area contributed by atoms with Gasteiger partial charge in [0.2, 0.25) is 0 Å². The number of nitrogens with zero attached hydrogens (tertiary/aromatic N) is 1. The highest BCUT2D eigenvalue weighted by molar-refractivity contribution is 5.12. The smallest absolute Gasteiger partial charge is 0.0570 e. The monoisotopic (exact) mass is 113 g/mol. The van der Waals surface area contributed by atoms with Gasteiger partial charge in [-0.1, -0.05) is 6.58 Å². The van der Waals surface area contributed by atoms with Crippen molar-refractivity contribution in [3.05, 3.63) is 12.3 Å². The van der Waals surface area contributed by atoms with Gasteiger partial charge in [-0.3, -0.25) is 0 Å². The Labute approximate surface area is 49.4 Å². The molecule has 1 N–H and O–H groups in total. The quantitative estimate of drug-likeness (QED) is 0.528. The summed E-state index contributed by atoms with van der Waals surface area (Å²) in [4.78, 5) is 2.15. The summed E-state index contributed by atoms with van der Waals surface area (Å²) in [5, 5.41) is 8.37. The Morgan fingerprint density at radius 2 is 2.38 bits per heavy atom. The van der Waals surface area contributed by atoms with Gasteiger partial charge in [0.05, 0.1) is 6.54 Å². The van der Waals surface area contributed by atoms with Gasteiger partial charge in [-0.2, -0.15) is 0 Å². The Hall–Kier alpha value is -0.500. The summed E-state index contributed by atoms with van der Waals surface area (Å²) in [7, 11) is 0. The first-order valence-electron chi connectivity index (χ1n) is 2.88. The second-order valence-electron chi connectivity index (χ2n) is 2.06. The van der Waals surface area contributed by atoms with Crippen LogP contribution in [0.15, 0.2) is 12.3 Å². The fourth-order valence-corrected chi connectivity index (χ4v) is 0.684. The number of aliphatic hydroxyl groups is 1. The summed E-state index contributed by atoms with van der Waals surface area (Å²) >= 11 is 0. The van der Waals surface area contributed by atoms with E-state index in [9.17, 15) is 0 Å². The lowest BCUT2D eigenvalue weighted by molar-refractivity contribution is 0.279. The van der Waals surface area contributed by atoms with Crippen molar-refractivity contribution in [3.63, 3.8) is 0 Å². The first-order chi connectivity index (χ1) is 3.84. The molecule has 0 aromatic rings. The van der Waals surface area contributed by atoms with Crippen LogP contribution in [0.25, 0.3) is 0 Å². The molecule has 0 aromatic carbocycles. The minimum Gasteiger partial charge on any atom is -0.396 e. The van der Waals surface area contributed by atoms with Crippen molar-refractivity contribution >= 4 is 0 Å². The van der Waals surface area contributed by atoms with Crippen LogP contribution < -0.4 is 0 Å². The second-order valence-corrected chi connectivity index (χ2v) is 2.06. The summed E-state index contributed by atoms with van der Waals surface area (Å²) < 4.78 is 0. The molecule has 1 heterocycles. The van der Waals surface area contributed by atoms with Crippen LogP contribution in [0.4, 0.5) is 0 Å². The molecule has 1 rings (SSSR count). The average molecular weight is 113 g/mol. The van der Waals surface area contributed by atoms with Crippen molar-refractivity contribution in [2.45, 2.75) is 6.42 Å². The Bertz CT molecular complexity index is 101. The lowest BCUT2D eigenvalue weighted by atomic mass is 10.4. The zero-order valence-corrected chi connectivity index (χ0v) is 4.93. The van der Waals surface area contributed by atoms with E-state index in [2.05, 4.69) is 11.5 Å². The van der Waals surface area contributed by atoms with E-state index in [1.807, 2.05) is 0 Å². The molecule has 1 saturated heterocycles. The first-order valence-corrected chi connectivity index (χ1v) is 2.88. The largest absolute Gasteiger partial charge is 0.396 e. The number of aliphatic hydroxyl groups excluding tert-OH is 1. The van der Waals surface area contributed by atoms with Gasteiger partial charge in [-0.25, -0.2) is 0 Å². The van der Waals surface area contributed by atoms with Crippen LogP contribution in [0.1, 0.15) is 6.42 Å². The number of hydrogen-bond acceptors (Lipinski definition) is 2. The first kappa shape index (κ1) is 5.63. The topological polar surface area (TPSA) is 23.2 Å². The van der Waals surface area contributed by atoms with Crippen LogP contribution in [0.2, 0.25) is 0 Å². The maximum absolute atomic E-state index is 8.37. The fraction of sp³-hybridized carbons (Fsp3) is 0.667. The maximum Gasteiger partial charge on any atom is 0.0570 e. The molecule has 0 radical (unpaired) electrons. The standard InChI is InChI=1S/C6H11NO/c1-6-5-7(6)3-2-4-8/h8H,1-5H2. The Balaban J connectivity index is 1.97. The van der Waals surface area contributed by atoms with E-state index in [0.29, 0.717) is 6.61 Å². The molecule has 0 atom stereocenters. The van der Waals surface area contributed by atoms with Crippen molar-refractivity contribution in [1.29, 1.82) is 0 Å². The van der Waals surface area contributed by atoms with Crippen molar-refractivity contribution < 1.29 is 5.11 Å². The van der Waals surface area contributed by atoms with Gasteiger partial charge in [-0.15, -0.1) is 0 Å². The summed E-state index contributed by atoms with van der Waals surface area (Å²) in [5.74, 6) is 0. The predicted molar refractivity (Wildman–Crippen MR) is 32.4 cm³/mol. The minimum atomic E-state index is 0.295. The maximum atomic E-state index is 8.37. The van der Waals surface area contributed by atoms with Crippen LogP contribution in [-0.2, 0) is 0 Å². The van der Waals surface area contributed by atoms with Crippen molar-refractivity contribution in [2.24, 2.45) is 0 Å². The van der Waals surface area contributed by atoms with Crippen LogP contribution >= 0.6 is 0 Å². The average Bonchev–Trinajstić information content (AvgIpc) is 2.42. The number of rotatable bonds is 3. The molecule has 2 heteroatoms. The van der Waals surface area contributed by atoms with E-state index >= 15 is 0 Å². The van der Waals surface area contributed by atoms with Crippen molar-refractivity contribution in [1.82, 2.24) is 4.90 Å². The molecule has 0 amide bonds. The molecular formula is C6H11NO. The molecule has 0 bridgehead atoms. The summed E-state index contributed by atoms with van der Waals surface area (Å²) in [6.07, 6.45) is 0.874. The highest BCUT2D eigenvalue weighted by Gasteiger charge is 2.20. The lowest BCUT2D eigenvalue weighted by Crippen LogP contribution is -1.99. The summed E-state index contributed by atoms with van der Waals surface area (Å²) in [5.41, 5.74) is 1.21. The van der Waals surface area contributed by atoms with Gasteiger partial charge in [-0.05, 0) is 6.42 Å². The normalized spacial score (nSPS) is 17.1. The van der Waals surface area contributed by atoms with Crippen molar-refractivity contribution in [2.75, 3.05) is 19.7 Å². The van der Waals surface area contributed by atoms with Gasteiger partial charge in [0, 0.05) is 18.8 Å². The van der Waals surface area contributed by atoms with Crippen LogP contribution in [0.3, 0.4) is 0 Å². The lowest BCUT2D eigenvalue weighted by Gasteiger charge is -1.95. The molecule has 0 aromatic heterocycles. The molecule has 0 aliphatic carbocycles. The highest BCUT2D eigenvalue weighted by atomic mass is 16.3. The highest BCUT2D eigenvalue weighted by Crippen LogP contribution is 2.18. The van der Waals surface area contributed by atoms with Gasteiger partial charge in [0.25, 0.3) is 0 Å². The van der Waals surface area contributed by atoms with Crippen LogP contribution in [0.5, 0.6) is 0 Å². The number of hydrogen-bond donors (Lipinski definition) is 1. The minimum absolute atomic E-state index is 0.295. The molecule has 8 heavy (non-hydrogen) atoms. The summed E-state index contributed by atoms with van der Waals surface area (Å²) in [6, 6.07) is 0. The molecule has 0 saturated carbocycles. The molecule has 2 nitrogen and oxygen atoms in total. The van der Waals surface area contributed by atoms with E-state index in [1.54, 1.807) is 0 Å². The van der Waals surface area contributed by atoms with Crippen LogP contribution in [-0.4, -0.2) is 29.7 Å². The van der Waals surface area contributed by atoms with Gasteiger partial charge in [0.15, 0.2) is 0 Å². The second kappa shape index (κ2) is 2.18. The van der Waals surface area contributed by atoms with E-state index in [0.717, 1.165) is 19.5 Å². The Kier molecular flexibility index (Phi) is 1.53. The third-order valence-electron chi connectivity index (χ3n) is 1.30. The summed E-state index contributed by atoms with van der Waals surface area (Å²) in [6.45, 7) is 6.06. The SMILES string of the molecule is C=C1CN1CCCO. The van der Waals surface area contributed by atoms with Crippen LogP contribution in [0, 0.1) is 0 Å². The van der Waals surface area contributed by atoms with Crippen molar-refractivity contribution in [3.8, 4) is 0 Å². The van der Waals surface area contributed by atoms with E-state index in [-0.39, 0.29) is 0 Å². The van der Waals surface area contributed by atoms with Gasteiger partial charge < -0.3 is 10.0 Å². The van der Waals surface area contributed by atoms with E-state index in [1.165, 1.54) is 5.70 Å². The molecule has 46 valence electrons. The predicted octanol–water partition coefficient (Wildman–Crippen LogP) is 0.198. The fourth-order valence-electron chi connectivity index (χ4n) is 0.684. The Morgan fingerprint density at radius 1 is 1.75 bits per heavy atom. The van der Waals surface area contributed by atoms with Gasteiger partial charge in [0.1, 0.15) is 0 Å². The zero-order chi connectivity index (χ0) is 5.98. The molecule has 0 unspecified atom stereocenters. The zero-order valence-electron chi connectivity index (χ0n) is 4.93. The molecular weight excluding hydrogens is 102 g/mol.